The zero-order valence-corrected chi connectivity index (χ0v) is 12.1. The molecule has 20 heavy (non-hydrogen) atoms. The van der Waals surface area contributed by atoms with Gasteiger partial charge in [-0.25, -0.2) is 0 Å². The molecular formula is C16H20N2O2. The standard InChI is InChI=1S/C16H20N2O2/c1-4-10-17-15-6-5-7-16(18-15)20-13-9-8-12(2)11-14(13)19-3/h5-9,11H,4,10H2,1-3H3,(H,17,18). The van der Waals surface area contributed by atoms with E-state index in [2.05, 4.69) is 17.2 Å². The van der Waals surface area contributed by atoms with Crippen LogP contribution in [0.15, 0.2) is 36.4 Å². The fourth-order valence-corrected chi connectivity index (χ4v) is 1.79. The average Bonchev–Trinajstić information content (AvgIpc) is 2.47. The smallest absolute Gasteiger partial charge is 0.221 e. The van der Waals surface area contributed by atoms with Gasteiger partial charge in [0.1, 0.15) is 5.82 Å². The molecule has 0 amide bonds. The van der Waals surface area contributed by atoms with E-state index < -0.39 is 0 Å². The lowest BCUT2D eigenvalue weighted by atomic mass is 10.2. The van der Waals surface area contributed by atoms with E-state index in [-0.39, 0.29) is 0 Å². The topological polar surface area (TPSA) is 43.4 Å². The highest BCUT2D eigenvalue weighted by Gasteiger charge is 2.07. The van der Waals surface area contributed by atoms with E-state index in [4.69, 9.17) is 9.47 Å². The molecule has 2 rings (SSSR count). The van der Waals surface area contributed by atoms with Gasteiger partial charge < -0.3 is 14.8 Å². The Labute approximate surface area is 119 Å². The van der Waals surface area contributed by atoms with E-state index in [1.807, 2.05) is 43.3 Å². The quantitative estimate of drug-likeness (QED) is 0.862. The van der Waals surface area contributed by atoms with Gasteiger partial charge in [0.05, 0.1) is 7.11 Å². The molecule has 0 aliphatic carbocycles. The van der Waals surface area contributed by atoms with Gasteiger partial charge in [-0.05, 0) is 37.1 Å². The molecule has 0 unspecified atom stereocenters. The van der Waals surface area contributed by atoms with Gasteiger partial charge in [-0.1, -0.05) is 19.1 Å². The number of aromatic nitrogens is 1. The van der Waals surface area contributed by atoms with Crippen LogP contribution in [0.4, 0.5) is 5.82 Å². The second-order valence-corrected chi connectivity index (χ2v) is 4.54. The Morgan fingerprint density at radius 3 is 2.75 bits per heavy atom. The molecule has 2 aromatic rings. The summed E-state index contributed by atoms with van der Waals surface area (Å²) in [7, 11) is 1.63. The number of methoxy groups -OCH3 is 1. The van der Waals surface area contributed by atoms with Crippen LogP contribution < -0.4 is 14.8 Å². The minimum atomic E-state index is 0.549. The molecule has 0 fully saturated rings. The maximum absolute atomic E-state index is 5.80. The first-order valence-electron chi connectivity index (χ1n) is 6.76. The van der Waals surface area contributed by atoms with Crippen LogP contribution in [-0.2, 0) is 0 Å². The third-order valence-electron chi connectivity index (χ3n) is 2.81. The Bertz CT molecular complexity index is 570. The lowest BCUT2D eigenvalue weighted by Crippen LogP contribution is -2.02. The Morgan fingerprint density at radius 1 is 1.15 bits per heavy atom. The molecule has 4 nitrogen and oxygen atoms in total. The van der Waals surface area contributed by atoms with Gasteiger partial charge in [-0.15, -0.1) is 0 Å². The van der Waals surface area contributed by atoms with Crippen molar-refractivity contribution in [2.45, 2.75) is 20.3 Å². The first-order chi connectivity index (χ1) is 9.72. The average molecular weight is 272 g/mol. The Balaban J connectivity index is 2.17. The number of rotatable bonds is 6. The van der Waals surface area contributed by atoms with Gasteiger partial charge in [-0.2, -0.15) is 4.98 Å². The normalized spacial score (nSPS) is 10.2. The maximum atomic E-state index is 5.80. The molecule has 1 N–H and O–H groups in total. The van der Waals surface area contributed by atoms with Crippen LogP contribution in [0.3, 0.4) is 0 Å². The summed E-state index contributed by atoms with van der Waals surface area (Å²) in [6, 6.07) is 11.5. The second-order valence-electron chi connectivity index (χ2n) is 4.54. The molecule has 0 atom stereocenters. The van der Waals surface area contributed by atoms with Gasteiger partial charge in [0.15, 0.2) is 11.5 Å². The van der Waals surface area contributed by atoms with Gasteiger partial charge >= 0.3 is 0 Å². The highest BCUT2D eigenvalue weighted by atomic mass is 16.5. The van der Waals surface area contributed by atoms with E-state index in [9.17, 15) is 0 Å². The third kappa shape index (κ3) is 3.63. The van der Waals surface area contributed by atoms with Crippen molar-refractivity contribution in [1.29, 1.82) is 0 Å². The van der Waals surface area contributed by atoms with Crippen molar-refractivity contribution < 1.29 is 9.47 Å². The van der Waals surface area contributed by atoms with Crippen molar-refractivity contribution in [3.8, 4) is 17.4 Å². The molecule has 0 aliphatic heterocycles. The molecule has 1 aromatic carbocycles. The minimum Gasteiger partial charge on any atom is -0.493 e. The van der Waals surface area contributed by atoms with Crippen LogP contribution in [0.25, 0.3) is 0 Å². The van der Waals surface area contributed by atoms with Crippen LogP contribution in [-0.4, -0.2) is 18.6 Å². The molecule has 1 heterocycles. The number of aryl methyl sites for hydroxylation is 1. The maximum Gasteiger partial charge on any atom is 0.221 e. The number of nitrogens with one attached hydrogen (secondary N) is 1. The third-order valence-corrected chi connectivity index (χ3v) is 2.81. The molecule has 106 valence electrons. The zero-order valence-electron chi connectivity index (χ0n) is 12.1. The first kappa shape index (κ1) is 14.2. The van der Waals surface area contributed by atoms with Crippen molar-refractivity contribution in [2.75, 3.05) is 19.0 Å². The summed E-state index contributed by atoms with van der Waals surface area (Å²) >= 11 is 0. The van der Waals surface area contributed by atoms with Crippen LogP contribution in [0.5, 0.6) is 17.4 Å². The van der Waals surface area contributed by atoms with Crippen molar-refractivity contribution in [2.24, 2.45) is 0 Å². The van der Waals surface area contributed by atoms with Gasteiger partial charge in [0, 0.05) is 12.6 Å². The summed E-state index contributed by atoms with van der Waals surface area (Å²) < 4.78 is 11.1. The predicted molar refractivity (Wildman–Crippen MR) is 80.8 cm³/mol. The Morgan fingerprint density at radius 2 is 2.00 bits per heavy atom. The Hall–Kier alpha value is -2.23. The summed E-state index contributed by atoms with van der Waals surface area (Å²) in [6.07, 6.45) is 1.05. The summed E-state index contributed by atoms with van der Waals surface area (Å²) in [5, 5.41) is 3.24. The van der Waals surface area contributed by atoms with Gasteiger partial charge in [-0.3, -0.25) is 0 Å². The lowest BCUT2D eigenvalue weighted by molar-refractivity contribution is 0.374. The van der Waals surface area contributed by atoms with E-state index in [0.717, 1.165) is 24.3 Å². The molecule has 0 bridgehead atoms. The summed E-state index contributed by atoms with van der Waals surface area (Å²) in [5.74, 6) is 2.74. The molecule has 0 saturated heterocycles. The highest BCUT2D eigenvalue weighted by Crippen LogP contribution is 2.31. The molecule has 1 aromatic heterocycles. The first-order valence-corrected chi connectivity index (χ1v) is 6.76. The Kier molecular flexibility index (Phi) is 4.82. The molecular weight excluding hydrogens is 252 g/mol. The SMILES string of the molecule is CCCNc1cccc(Oc2ccc(C)cc2OC)n1. The van der Waals surface area contributed by atoms with E-state index in [0.29, 0.717) is 17.4 Å². The van der Waals surface area contributed by atoms with Gasteiger partial charge in [0.25, 0.3) is 0 Å². The largest absolute Gasteiger partial charge is 0.493 e. The van der Waals surface area contributed by atoms with E-state index in [1.54, 1.807) is 7.11 Å². The molecule has 4 heteroatoms. The van der Waals surface area contributed by atoms with Crippen LogP contribution in [0.2, 0.25) is 0 Å². The lowest BCUT2D eigenvalue weighted by Gasteiger charge is -2.11. The number of hydrogen-bond acceptors (Lipinski definition) is 4. The molecule has 0 saturated carbocycles. The molecule has 0 spiro atoms. The van der Waals surface area contributed by atoms with E-state index >= 15 is 0 Å². The number of anilines is 1. The fraction of sp³-hybridized carbons (Fsp3) is 0.312. The van der Waals surface area contributed by atoms with Crippen molar-refractivity contribution in [3.63, 3.8) is 0 Å². The predicted octanol–water partition coefficient (Wildman–Crippen LogP) is 4.01. The summed E-state index contributed by atoms with van der Waals surface area (Å²) in [4.78, 5) is 4.41. The van der Waals surface area contributed by atoms with Crippen LogP contribution in [0.1, 0.15) is 18.9 Å². The number of hydrogen-bond donors (Lipinski definition) is 1. The van der Waals surface area contributed by atoms with E-state index in [1.165, 1.54) is 0 Å². The number of ether oxygens (including phenoxy) is 2. The van der Waals surface area contributed by atoms with Crippen molar-refractivity contribution in [3.05, 3.63) is 42.0 Å². The van der Waals surface area contributed by atoms with Gasteiger partial charge in [0.2, 0.25) is 5.88 Å². The summed E-state index contributed by atoms with van der Waals surface area (Å²) in [5.41, 5.74) is 1.13. The minimum absolute atomic E-state index is 0.549. The van der Waals surface area contributed by atoms with Crippen molar-refractivity contribution >= 4 is 5.82 Å². The highest BCUT2D eigenvalue weighted by molar-refractivity contribution is 5.45. The van der Waals surface area contributed by atoms with Crippen molar-refractivity contribution in [1.82, 2.24) is 4.98 Å². The number of benzene rings is 1. The van der Waals surface area contributed by atoms with Crippen LogP contribution in [0, 0.1) is 6.92 Å². The van der Waals surface area contributed by atoms with Crippen LogP contribution >= 0.6 is 0 Å². The second kappa shape index (κ2) is 6.80. The number of pyridine rings is 1. The summed E-state index contributed by atoms with van der Waals surface area (Å²) in [6.45, 7) is 5.02. The fourth-order valence-electron chi connectivity index (χ4n) is 1.79. The monoisotopic (exact) mass is 272 g/mol. The number of nitrogens with zero attached hydrogens (tertiary/aromatic N) is 1. The zero-order chi connectivity index (χ0) is 14.4. The molecule has 0 aliphatic rings. The molecule has 0 radical (unpaired) electrons.